The minimum Gasteiger partial charge on any atom is -0.748 e. The van der Waals surface area contributed by atoms with Crippen LogP contribution in [0.2, 0.25) is 0 Å². The minimum absolute atomic E-state index is 0.223. The smallest absolute Gasteiger partial charge is 0.248 e. The lowest BCUT2D eigenvalue weighted by Gasteiger charge is -2.04. The lowest BCUT2D eigenvalue weighted by atomic mass is 10.2. The molecule has 0 aliphatic rings. The number of hydrogen-bond acceptors (Lipinski definition) is 9. The van der Waals surface area contributed by atoms with Crippen LogP contribution < -0.4 is 9.13 Å². The molecule has 13 heteroatoms. The summed E-state index contributed by atoms with van der Waals surface area (Å²) >= 11 is 0. The maximum atomic E-state index is 10.7. The molecular weight excluding hydrogens is 448 g/mol. The summed E-state index contributed by atoms with van der Waals surface area (Å²) in [6.07, 6.45) is 7.35. The average Bonchev–Trinajstić information content (AvgIpc) is 3.17. The maximum absolute atomic E-state index is 10.7. The van der Waals surface area contributed by atoms with Gasteiger partial charge < -0.3 is 13.5 Å². The van der Waals surface area contributed by atoms with Gasteiger partial charge in [0.25, 0.3) is 0 Å². The number of nitrogens with zero attached hydrogens (tertiary/aromatic N) is 4. The first-order chi connectivity index (χ1) is 14.6. The molecule has 0 saturated carbocycles. The Kier molecular flexibility index (Phi) is 7.10. The number of pyridine rings is 2. The van der Waals surface area contributed by atoms with Crippen molar-refractivity contribution in [2.24, 2.45) is 0 Å². The Morgan fingerprint density at radius 1 is 0.710 bits per heavy atom. The molecule has 0 aliphatic heterocycles. The fourth-order valence-electron chi connectivity index (χ4n) is 2.80. The third kappa shape index (κ3) is 7.47. The van der Waals surface area contributed by atoms with Crippen LogP contribution >= 0.6 is 0 Å². The van der Waals surface area contributed by atoms with Crippen LogP contribution in [0.25, 0.3) is 22.9 Å². The summed E-state index contributed by atoms with van der Waals surface area (Å²) in [6.45, 7) is 0.781. The van der Waals surface area contributed by atoms with Crippen molar-refractivity contribution in [3.63, 3.8) is 0 Å². The van der Waals surface area contributed by atoms with Gasteiger partial charge in [0.15, 0.2) is 24.8 Å². The molecule has 0 N–H and O–H groups in total. The summed E-state index contributed by atoms with van der Waals surface area (Å²) in [5.74, 6) is -0.212. The van der Waals surface area contributed by atoms with Crippen molar-refractivity contribution < 1.29 is 39.5 Å². The third-order valence-corrected chi connectivity index (χ3v) is 5.90. The molecule has 3 aromatic heterocycles. The maximum Gasteiger partial charge on any atom is 0.248 e. The van der Waals surface area contributed by atoms with Crippen LogP contribution in [0.15, 0.2) is 53.5 Å². The van der Waals surface area contributed by atoms with E-state index in [4.69, 9.17) is 4.42 Å². The van der Waals surface area contributed by atoms with Crippen molar-refractivity contribution in [3.8, 4) is 22.9 Å². The van der Waals surface area contributed by atoms with E-state index in [0.29, 0.717) is 36.0 Å². The first-order valence-corrected chi connectivity index (χ1v) is 12.4. The molecule has 0 saturated heterocycles. The van der Waals surface area contributed by atoms with Gasteiger partial charge in [-0.3, -0.25) is 0 Å². The van der Waals surface area contributed by atoms with Crippen LogP contribution in [0.5, 0.6) is 0 Å². The predicted octanol–water partition coefficient (Wildman–Crippen LogP) is -0.151. The standard InChI is InChI=1S/C18H20N4O7S2/c23-30(24,25)13-1-7-21-9-3-15(4-10-21)17-19-20-18(29-17)16-5-11-22(12-6-16)8-2-14-31(26,27)28/h3-6,9-12H,1-2,7-8,13-14H2. The second-order valence-electron chi connectivity index (χ2n) is 6.79. The molecule has 0 aliphatic carbocycles. The highest BCUT2D eigenvalue weighted by molar-refractivity contribution is 7.85. The van der Waals surface area contributed by atoms with Crippen molar-refractivity contribution in [3.05, 3.63) is 49.1 Å². The molecule has 0 fully saturated rings. The van der Waals surface area contributed by atoms with E-state index in [1.54, 1.807) is 58.2 Å². The van der Waals surface area contributed by atoms with Crippen molar-refractivity contribution >= 4 is 20.2 Å². The summed E-state index contributed by atoms with van der Waals surface area (Å²) in [4.78, 5) is 0. The lowest BCUT2D eigenvalue weighted by molar-refractivity contribution is -0.696. The molecule has 0 aromatic carbocycles. The van der Waals surface area contributed by atoms with Crippen LogP contribution in [-0.2, 0) is 33.3 Å². The summed E-state index contributed by atoms with van der Waals surface area (Å²) in [5.41, 5.74) is 1.35. The van der Waals surface area contributed by atoms with E-state index < -0.39 is 31.7 Å². The second-order valence-corrected chi connectivity index (χ2v) is 9.84. The summed E-state index contributed by atoms with van der Waals surface area (Å²) in [7, 11) is -8.43. The highest BCUT2D eigenvalue weighted by Crippen LogP contribution is 2.22. The first kappa shape index (κ1) is 22.9. The molecule has 166 valence electrons. The first-order valence-electron chi connectivity index (χ1n) is 9.29. The van der Waals surface area contributed by atoms with E-state index in [-0.39, 0.29) is 12.8 Å². The largest absolute Gasteiger partial charge is 0.748 e. The Balaban J connectivity index is 1.60. The summed E-state index contributed by atoms with van der Waals surface area (Å²) in [5, 5.41) is 8.06. The molecule has 0 spiro atoms. The Bertz CT molecular complexity index is 1130. The van der Waals surface area contributed by atoms with Crippen molar-refractivity contribution in [1.29, 1.82) is 0 Å². The molecule has 0 atom stereocenters. The number of rotatable bonds is 10. The summed E-state index contributed by atoms with van der Waals surface area (Å²) in [6, 6.07) is 6.97. The van der Waals surface area contributed by atoms with Gasteiger partial charge >= 0.3 is 0 Å². The average molecular weight is 469 g/mol. The fraction of sp³-hybridized carbons (Fsp3) is 0.333. The molecular formula is C18H20N4O7S2. The highest BCUT2D eigenvalue weighted by Gasteiger charge is 2.13. The van der Waals surface area contributed by atoms with Gasteiger partial charge in [-0.2, -0.15) is 0 Å². The van der Waals surface area contributed by atoms with Crippen LogP contribution in [-0.4, -0.2) is 47.6 Å². The van der Waals surface area contributed by atoms with E-state index in [1.165, 1.54) is 0 Å². The van der Waals surface area contributed by atoms with E-state index in [9.17, 15) is 25.9 Å². The second kappa shape index (κ2) is 9.60. The Morgan fingerprint density at radius 2 is 1.06 bits per heavy atom. The van der Waals surface area contributed by atoms with Crippen molar-refractivity contribution in [1.82, 2.24) is 10.2 Å². The Labute approximate surface area is 179 Å². The SMILES string of the molecule is O=S(=O)([O-])CCC[n+]1ccc(-c2nnc(-c3cc[n+](CCCS(=O)(=O)[O-])cc3)o2)cc1. The number of hydrogen-bond donors (Lipinski definition) is 0. The van der Waals surface area contributed by atoms with Gasteiger partial charge in [-0.1, -0.05) is 0 Å². The molecule has 0 radical (unpaired) electrons. The monoisotopic (exact) mass is 468 g/mol. The third-order valence-electron chi connectivity index (χ3n) is 4.32. The molecule has 0 amide bonds. The quantitative estimate of drug-likeness (QED) is 0.291. The minimum atomic E-state index is -4.22. The molecule has 3 rings (SSSR count). The van der Waals surface area contributed by atoms with Gasteiger partial charge in [-0.05, 0) is 0 Å². The van der Waals surface area contributed by atoms with E-state index in [2.05, 4.69) is 10.2 Å². The van der Waals surface area contributed by atoms with Crippen LogP contribution in [0.4, 0.5) is 0 Å². The lowest BCUT2D eigenvalue weighted by Crippen LogP contribution is -2.33. The molecule has 0 bridgehead atoms. The normalized spacial score (nSPS) is 12.2. The zero-order valence-corrected chi connectivity index (χ0v) is 18.0. The number of aryl methyl sites for hydroxylation is 2. The van der Waals surface area contributed by atoms with Gasteiger partial charge in [-0.15, -0.1) is 10.2 Å². The Hall–Kier alpha value is -2.74. The molecule has 11 nitrogen and oxygen atoms in total. The Morgan fingerprint density at radius 3 is 1.39 bits per heavy atom. The molecule has 3 heterocycles. The molecule has 31 heavy (non-hydrogen) atoms. The molecule has 0 unspecified atom stereocenters. The van der Waals surface area contributed by atoms with Crippen molar-refractivity contribution in [2.45, 2.75) is 25.9 Å². The van der Waals surface area contributed by atoms with E-state index in [0.717, 1.165) is 0 Å². The van der Waals surface area contributed by atoms with Crippen LogP contribution in [0, 0.1) is 0 Å². The number of aromatic nitrogens is 4. The topological polar surface area (TPSA) is 161 Å². The van der Waals surface area contributed by atoms with Gasteiger partial charge in [0, 0.05) is 48.6 Å². The predicted molar refractivity (Wildman–Crippen MR) is 104 cm³/mol. The van der Waals surface area contributed by atoms with E-state index >= 15 is 0 Å². The zero-order valence-electron chi connectivity index (χ0n) is 16.3. The van der Waals surface area contributed by atoms with Gasteiger partial charge in [0.05, 0.1) is 31.4 Å². The molecule has 3 aromatic rings. The van der Waals surface area contributed by atoms with Crippen LogP contribution in [0.1, 0.15) is 12.8 Å². The zero-order chi connectivity index (χ0) is 22.5. The highest BCUT2D eigenvalue weighted by atomic mass is 32.2. The van der Waals surface area contributed by atoms with Crippen molar-refractivity contribution in [2.75, 3.05) is 11.5 Å². The van der Waals surface area contributed by atoms with Gasteiger partial charge in [0.2, 0.25) is 11.8 Å². The van der Waals surface area contributed by atoms with Crippen LogP contribution in [0.3, 0.4) is 0 Å². The van der Waals surface area contributed by atoms with E-state index in [1.807, 2.05) is 0 Å². The van der Waals surface area contributed by atoms with Gasteiger partial charge in [0.1, 0.15) is 13.1 Å². The summed E-state index contributed by atoms with van der Waals surface area (Å²) < 4.78 is 73.1. The fourth-order valence-corrected chi connectivity index (χ4v) is 3.77. The van der Waals surface area contributed by atoms with Gasteiger partial charge in [-0.25, -0.2) is 26.0 Å².